The maximum Gasteiger partial charge on any atom is 0.220 e. The van der Waals surface area contributed by atoms with Gasteiger partial charge in [0.1, 0.15) is 73.2 Å². The van der Waals surface area contributed by atoms with Gasteiger partial charge in [-0.25, -0.2) is 0 Å². The summed E-state index contributed by atoms with van der Waals surface area (Å²) >= 11 is 0. The van der Waals surface area contributed by atoms with Gasteiger partial charge in [-0.1, -0.05) is 301 Å². The van der Waals surface area contributed by atoms with Crippen molar-refractivity contribution in [3.63, 3.8) is 0 Å². The van der Waals surface area contributed by atoms with Crippen LogP contribution in [0.25, 0.3) is 0 Å². The minimum atomic E-state index is -1.98. The molecule has 0 aromatic rings. The number of amides is 1. The van der Waals surface area contributed by atoms with Crippen LogP contribution in [0.15, 0.2) is 36.5 Å². The molecular weight excluding hydrogens is 1230 g/mol. The summed E-state index contributed by atoms with van der Waals surface area (Å²) < 4.78 is 34.4. The minimum absolute atomic E-state index is 0.236. The molecule has 0 aromatic heterocycles. The van der Waals surface area contributed by atoms with Crippen LogP contribution in [0, 0.1) is 0 Å². The molecule has 3 aliphatic rings. The van der Waals surface area contributed by atoms with Gasteiger partial charge in [0.15, 0.2) is 18.9 Å². The summed E-state index contributed by atoms with van der Waals surface area (Å²) in [7, 11) is 0. The van der Waals surface area contributed by atoms with Crippen LogP contribution in [0.4, 0.5) is 0 Å². The van der Waals surface area contributed by atoms with E-state index < -0.39 is 124 Å². The molecular formula is C77H143NO18. The van der Waals surface area contributed by atoms with Gasteiger partial charge < -0.3 is 89.9 Å². The zero-order valence-electron chi connectivity index (χ0n) is 60.1. The SMILES string of the molecule is CCCCCCCCCCCC/C=C/CC/C=C/CC/C=C/C(O)C(COC1OC(CO)C(OC2OC(CO)C(OC3OC(CO)C(O)C(O)C3O)C(O)C2O)C(O)C1O)NC(=O)CCCCCCCCCCCCCCCCCCCCCCCCCCCCCCCCC. The summed E-state index contributed by atoms with van der Waals surface area (Å²) in [5, 5.41) is 121. The van der Waals surface area contributed by atoms with E-state index in [1.807, 2.05) is 6.08 Å². The van der Waals surface area contributed by atoms with Gasteiger partial charge in [-0.2, -0.15) is 0 Å². The summed E-state index contributed by atoms with van der Waals surface area (Å²) in [6.07, 6.45) is 44.3. The number of carbonyl (C=O) groups excluding carboxylic acids is 1. The molecule has 0 spiro atoms. The van der Waals surface area contributed by atoms with Gasteiger partial charge in [0.05, 0.1) is 38.6 Å². The molecule has 17 atom stereocenters. The Labute approximate surface area is 581 Å². The molecule has 0 bridgehead atoms. The standard InChI is InChI=1S/C77H143NO18/c1-3-5-7-9-11-13-15-17-19-21-23-25-26-27-28-29-30-31-32-33-34-35-37-39-41-43-45-47-49-51-53-55-65(83)78-60(61(82)54-52-50-48-46-44-42-40-38-36-24-22-20-18-16-14-12-10-8-6-4-2)59-91-75-71(89)68(86)73(63(57-80)93-75)96-77-72(90)69(87)74(64(58-81)94-77)95-76-70(88)67(85)66(84)62(56-79)92-76/h36,38,44,46,52,54,60-64,66-77,79-82,84-90H,3-35,37,39-43,45,47-51,53,55-59H2,1-2H3,(H,78,83)/b38-36+,46-44+,54-52+. The maximum atomic E-state index is 13.4. The third kappa shape index (κ3) is 38.9. The number of carbonyl (C=O) groups is 1. The Morgan fingerprint density at radius 1 is 0.365 bits per heavy atom. The highest BCUT2D eigenvalue weighted by Crippen LogP contribution is 2.33. The molecule has 1 amide bonds. The van der Waals surface area contributed by atoms with Crippen LogP contribution in [0.2, 0.25) is 0 Å². The molecule has 3 aliphatic heterocycles. The summed E-state index contributed by atoms with van der Waals surface area (Å²) in [6, 6.07) is -0.995. The lowest BCUT2D eigenvalue weighted by molar-refractivity contribution is -0.379. The van der Waals surface area contributed by atoms with Crippen LogP contribution in [0.3, 0.4) is 0 Å². The van der Waals surface area contributed by atoms with Crippen molar-refractivity contribution in [3.05, 3.63) is 36.5 Å². The number of allylic oxidation sites excluding steroid dienone is 5. The van der Waals surface area contributed by atoms with Gasteiger partial charge >= 0.3 is 0 Å². The quantitative estimate of drug-likeness (QED) is 0.0199. The van der Waals surface area contributed by atoms with Crippen LogP contribution in [0.5, 0.6) is 0 Å². The summed E-state index contributed by atoms with van der Waals surface area (Å²) in [4.78, 5) is 13.4. The molecule has 3 heterocycles. The first kappa shape index (κ1) is 88.2. The highest BCUT2D eigenvalue weighted by atomic mass is 16.8. The monoisotopic (exact) mass is 1370 g/mol. The molecule has 19 heteroatoms. The van der Waals surface area contributed by atoms with Crippen molar-refractivity contribution in [2.75, 3.05) is 26.4 Å². The van der Waals surface area contributed by atoms with Gasteiger partial charge in [-0.05, 0) is 44.9 Å². The van der Waals surface area contributed by atoms with E-state index in [0.717, 1.165) is 44.9 Å². The van der Waals surface area contributed by atoms with Crippen molar-refractivity contribution in [1.29, 1.82) is 0 Å². The van der Waals surface area contributed by atoms with E-state index in [9.17, 15) is 61.0 Å². The van der Waals surface area contributed by atoms with Crippen molar-refractivity contribution in [3.8, 4) is 0 Å². The smallest absolute Gasteiger partial charge is 0.220 e. The first-order chi connectivity index (χ1) is 46.8. The average Bonchev–Trinajstić information content (AvgIpc) is 0.787. The number of aliphatic hydroxyl groups excluding tert-OH is 11. The Kier molecular flexibility index (Phi) is 53.8. The van der Waals surface area contributed by atoms with Gasteiger partial charge in [0.2, 0.25) is 5.91 Å². The van der Waals surface area contributed by atoms with Crippen LogP contribution in [-0.4, -0.2) is 193 Å². The van der Waals surface area contributed by atoms with E-state index >= 15 is 0 Å². The summed E-state index contributed by atoms with van der Waals surface area (Å²) in [5.41, 5.74) is 0. The first-order valence-electron chi connectivity index (χ1n) is 39.2. The van der Waals surface area contributed by atoms with Crippen molar-refractivity contribution in [2.24, 2.45) is 0 Å². The second-order valence-electron chi connectivity index (χ2n) is 28.2. The van der Waals surface area contributed by atoms with Crippen molar-refractivity contribution in [2.45, 2.75) is 420 Å². The van der Waals surface area contributed by atoms with E-state index in [0.29, 0.717) is 12.8 Å². The van der Waals surface area contributed by atoms with E-state index in [4.69, 9.17) is 28.4 Å². The Morgan fingerprint density at radius 3 is 1.04 bits per heavy atom. The summed E-state index contributed by atoms with van der Waals surface area (Å²) in [5.74, 6) is -0.283. The van der Waals surface area contributed by atoms with E-state index in [1.54, 1.807) is 6.08 Å². The average molecular weight is 1370 g/mol. The lowest BCUT2D eigenvalue weighted by atomic mass is 9.96. The van der Waals surface area contributed by atoms with Gasteiger partial charge in [-0.15, -0.1) is 0 Å². The highest BCUT2D eigenvalue weighted by molar-refractivity contribution is 5.76. The normalized spacial score (nSPS) is 27.2. The van der Waals surface area contributed by atoms with Crippen LogP contribution < -0.4 is 5.32 Å². The highest BCUT2D eigenvalue weighted by Gasteiger charge is 2.53. The van der Waals surface area contributed by atoms with E-state index in [-0.39, 0.29) is 18.9 Å². The van der Waals surface area contributed by atoms with Gasteiger partial charge in [0.25, 0.3) is 0 Å². The maximum absolute atomic E-state index is 13.4. The number of hydrogen-bond donors (Lipinski definition) is 12. The van der Waals surface area contributed by atoms with E-state index in [2.05, 4.69) is 43.5 Å². The van der Waals surface area contributed by atoms with Crippen molar-refractivity contribution >= 4 is 5.91 Å². The molecule has 12 N–H and O–H groups in total. The number of ether oxygens (including phenoxy) is 6. The van der Waals surface area contributed by atoms with Crippen molar-refractivity contribution in [1.82, 2.24) is 5.32 Å². The molecule has 0 aliphatic carbocycles. The third-order valence-corrected chi connectivity index (χ3v) is 19.7. The molecule has 564 valence electrons. The molecule has 0 radical (unpaired) electrons. The molecule has 0 aromatic carbocycles. The van der Waals surface area contributed by atoms with Gasteiger partial charge in [-0.3, -0.25) is 4.79 Å². The second-order valence-corrected chi connectivity index (χ2v) is 28.2. The minimum Gasteiger partial charge on any atom is -0.394 e. The fraction of sp³-hybridized carbons (Fsp3) is 0.909. The number of rotatable bonds is 62. The topological polar surface area (TPSA) is 307 Å². The van der Waals surface area contributed by atoms with Crippen molar-refractivity contribution < 1.29 is 89.4 Å². The first-order valence-corrected chi connectivity index (χ1v) is 39.2. The zero-order chi connectivity index (χ0) is 69.6. The number of unbranched alkanes of at least 4 members (excludes halogenated alkanes) is 42. The lowest BCUT2D eigenvalue weighted by Crippen LogP contribution is -2.66. The molecule has 3 fully saturated rings. The third-order valence-electron chi connectivity index (χ3n) is 19.7. The molecule has 3 saturated heterocycles. The predicted molar refractivity (Wildman–Crippen MR) is 379 cm³/mol. The van der Waals surface area contributed by atoms with Crippen LogP contribution >= 0.6 is 0 Å². The Balaban J connectivity index is 1.38. The Bertz CT molecular complexity index is 1880. The fourth-order valence-electron chi connectivity index (χ4n) is 13.3. The Hall–Kier alpha value is -1.99. The number of hydrogen-bond acceptors (Lipinski definition) is 18. The van der Waals surface area contributed by atoms with Crippen LogP contribution in [0.1, 0.15) is 316 Å². The second kappa shape index (κ2) is 58.5. The summed E-state index contributed by atoms with van der Waals surface area (Å²) in [6.45, 7) is 1.75. The largest absolute Gasteiger partial charge is 0.394 e. The predicted octanol–water partition coefficient (Wildman–Crippen LogP) is 12.3. The number of nitrogens with one attached hydrogen (secondary N) is 1. The van der Waals surface area contributed by atoms with Gasteiger partial charge in [0, 0.05) is 6.42 Å². The van der Waals surface area contributed by atoms with Crippen LogP contribution in [-0.2, 0) is 33.2 Å². The molecule has 19 nitrogen and oxygen atoms in total. The number of aliphatic hydroxyl groups is 11. The zero-order valence-corrected chi connectivity index (χ0v) is 60.1. The lowest BCUT2D eigenvalue weighted by Gasteiger charge is -2.48. The molecule has 0 saturated carbocycles. The molecule has 3 rings (SSSR count). The fourth-order valence-corrected chi connectivity index (χ4v) is 13.3. The molecule has 96 heavy (non-hydrogen) atoms. The Morgan fingerprint density at radius 2 is 0.667 bits per heavy atom. The molecule has 17 unspecified atom stereocenters. The van der Waals surface area contributed by atoms with E-state index in [1.165, 1.54) is 238 Å².